The summed E-state index contributed by atoms with van der Waals surface area (Å²) in [6.45, 7) is 2.01. The lowest BCUT2D eigenvalue weighted by Gasteiger charge is -2.23. The Labute approximate surface area is 112 Å². The number of benzene rings is 1. The second kappa shape index (κ2) is 4.19. The molecule has 1 aliphatic heterocycles. The zero-order valence-electron chi connectivity index (χ0n) is 11.1. The monoisotopic (exact) mass is 252 g/mol. The minimum Gasteiger partial charge on any atom is -0.299 e. The molecule has 0 N–H and O–H groups in total. The molecule has 96 valence electrons. The molecule has 0 saturated heterocycles. The van der Waals surface area contributed by atoms with Crippen molar-refractivity contribution < 1.29 is 4.79 Å². The van der Waals surface area contributed by atoms with Crippen molar-refractivity contribution in [3.63, 3.8) is 0 Å². The second-order valence-electron chi connectivity index (χ2n) is 5.23. The lowest BCUT2D eigenvalue weighted by molar-refractivity contribution is -0.122. The van der Waals surface area contributed by atoms with Crippen molar-refractivity contribution >= 4 is 11.7 Å². The predicted octanol–water partition coefficient (Wildman–Crippen LogP) is 2.56. The SMILES string of the molecule is CN1C(=O)[C@](C)(Cc2ccccc2)c2cccnc21. The Bertz CT molecular complexity index is 624. The van der Waals surface area contributed by atoms with E-state index in [-0.39, 0.29) is 5.91 Å². The number of amides is 1. The van der Waals surface area contributed by atoms with E-state index < -0.39 is 5.41 Å². The lowest BCUT2D eigenvalue weighted by Crippen LogP contribution is -2.37. The molecule has 3 heteroatoms. The van der Waals surface area contributed by atoms with E-state index in [0.29, 0.717) is 6.42 Å². The van der Waals surface area contributed by atoms with Crippen LogP contribution in [0.4, 0.5) is 5.82 Å². The van der Waals surface area contributed by atoms with E-state index in [2.05, 4.69) is 17.1 Å². The van der Waals surface area contributed by atoms with E-state index in [0.717, 1.165) is 11.4 Å². The van der Waals surface area contributed by atoms with Gasteiger partial charge in [0.05, 0.1) is 5.41 Å². The van der Waals surface area contributed by atoms with Gasteiger partial charge in [-0.2, -0.15) is 0 Å². The third kappa shape index (κ3) is 1.73. The summed E-state index contributed by atoms with van der Waals surface area (Å²) in [5, 5.41) is 0. The van der Waals surface area contributed by atoms with Crippen LogP contribution >= 0.6 is 0 Å². The van der Waals surface area contributed by atoms with Crippen molar-refractivity contribution in [2.45, 2.75) is 18.8 Å². The van der Waals surface area contributed by atoms with E-state index in [9.17, 15) is 4.79 Å². The Balaban J connectivity index is 2.06. The number of pyridine rings is 1. The molecule has 1 aliphatic rings. The Morgan fingerprint density at radius 1 is 1.16 bits per heavy atom. The zero-order chi connectivity index (χ0) is 13.5. The summed E-state index contributed by atoms with van der Waals surface area (Å²) < 4.78 is 0. The first-order valence-corrected chi connectivity index (χ1v) is 6.40. The average Bonchev–Trinajstić information content (AvgIpc) is 2.63. The van der Waals surface area contributed by atoms with Crippen LogP contribution in [0.25, 0.3) is 0 Å². The highest BCUT2D eigenvalue weighted by molar-refractivity contribution is 6.06. The number of carbonyl (C=O) groups is 1. The first-order chi connectivity index (χ1) is 9.13. The maximum Gasteiger partial charge on any atom is 0.238 e. The van der Waals surface area contributed by atoms with Gasteiger partial charge in [-0.25, -0.2) is 4.98 Å². The molecule has 2 aromatic rings. The van der Waals surface area contributed by atoms with E-state index in [1.807, 2.05) is 37.3 Å². The number of rotatable bonds is 2. The van der Waals surface area contributed by atoms with Crippen LogP contribution in [-0.2, 0) is 16.6 Å². The van der Waals surface area contributed by atoms with Crippen molar-refractivity contribution in [3.05, 3.63) is 59.8 Å². The molecule has 1 atom stereocenters. The predicted molar refractivity (Wildman–Crippen MR) is 75.1 cm³/mol. The van der Waals surface area contributed by atoms with Crippen LogP contribution in [0.2, 0.25) is 0 Å². The third-order valence-electron chi connectivity index (χ3n) is 3.88. The summed E-state index contributed by atoms with van der Waals surface area (Å²) in [4.78, 5) is 18.6. The molecule has 1 aromatic heterocycles. The minimum atomic E-state index is -0.514. The molecule has 2 heterocycles. The summed E-state index contributed by atoms with van der Waals surface area (Å²) in [7, 11) is 1.80. The molecule has 1 aromatic carbocycles. The molecule has 0 fully saturated rings. The number of hydrogen-bond acceptors (Lipinski definition) is 2. The van der Waals surface area contributed by atoms with Gasteiger partial charge < -0.3 is 0 Å². The first-order valence-electron chi connectivity index (χ1n) is 6.40. The minimum absolute atomic E-state index is 0.116. The fourth-order valence-electron chi connectivity index (χ4n) is 2.85. The van der Waals surface area contributed by atoms with Gasteiger partial charge in [-0.15, -0.1) is 0 Å². The van der Waals surface area contributed by atoms with E-state index in [4.69, 9.17) is 0 Å². The van der Waals surface area contributed by atoms with Crippen LogP contribution in [0.1, 0.15) is 18.1 Å². The van der Waals surface area contributed by atoms with Crippen molar-refractivity contribution in [3.8, 4) is 0 Å². The van der Waals surface area contributed by atoms with Crippen LogP contribution in [0, 0.1) is 0 Å². The molecule has 3 nitrogen and oxygen atoms in total. The highest BCUT2D eigenvalue weighted by Gasteiger charge is 2.46. The molecule has 0 radical (unpaired) electrons. The third-order valence-corrected chi connectivity index (χ3v) is 3.88. The smallest absolute Gasteiger partial charge is 0.238 e. The highest BCUT2D eigenvalue weighted by Crippen LogP contribution is 2.41. The van der Waals surface area contributed by atoms with Crippen LogP contribution < -0.4 is 4.90 Å². The quantitative estimate of drug-likeness (QED) is 0.823. The normalized spacial score (nSPS) is 21.6. The number of likely N-dealkylation sites (N-methyl/N-ethyl adjacent to an activating group) is 1. The van der Waals surface area contributed by atoms with Crippen molar-refractivity contribution in [2.24, 2.45) is 0 Å². The largest absolute Gasteiger partial charge is 0.299 e. The summed E-state index contributed by atoms with van der Waals surface area (Å²) in [5.74, 6) is 0.899. The Kier molecular flexibility index (Phi) is 2.63. The van der Waals surface area contributed by atoms with E-state index in [1.165, 1.54) is 5.56 Å². The molecule has 0 unspecified atom stereocenters. The maximum absolute atomic E-state index is 12.6. The Hall–Kier alpha value is -2.16. The van der Waals surface area contributed by atoms with E-state index in [1.54, 1.807) is 18.1 Å². The van der Waals surface area contributed by atoms with Crippen molar-refractivity contribution in [1.82, 2.24) is 4.98 Å². The van der Waals surface area contributed by atoms with Crippen LogP contribution in [0.3, 0.4) is 0 Å². The van der Waals surface area contributed by atoms with Gasteiger partial charge in [0.2, 0.25) is 5.91 Å². The molecule has 1 amide bonds. The molecule has 0 bridgehead atoms. The summed E-state index contributed by atoms with van der Waals surface area (Å²) in [6.07, 6.45) is 2.44. The van der Waals surface area contributed by atoms with Gasteiger partial charge in [0.1, 0.15) is 5.82 Å². The summed E-state index contributed by atoms with van der Waals surface area (Å²) in [6, 6.07) is 14.0. The van der Waals surface area contributed by atoms with Gasteiger partial charge >= 0.3 is 0 Å². The fraction of sp³-hybridized carbons (Fsp3) is 0.250. The number of fused-ring (bicyclic) bond motifs is 1. The molecule has 3 rings (SSSR count). The van der Waals surface area contributed by atoms with Crippen molar-refractivity contribution in [2.75, 3.05) is 11.9 Å². The second-order valence-corrected chi connectivity index (χ2v) is 5.23. The van der Waals surface area contributed by atoms with Crippen LogP contribution in [-0.4, -0.2) is 17.9 Å². The van der Waals surface area contributed by atoms with Gasteiger partial charge in [-0.1, -0.05) is 36.4 Å². The molecular formula is C16H16N2O. The van der Waals surface area contributed by atoms with Gasteiger partial charge in [-0.3, -0.25) is 9.69 Å². The van der Waals surface area contributed by atoms with Crippen LogP contribution in [0.15, 0.2) is 48.7 Å². The Morgan fingerprint density at radius 3 is 2.63 bits per heavy atom. The number of hydrogen-bond donors (Lipinski definition) is 0. The average molecular weight is 252 g/mol. The number of nitrogens with zero attached hydrogens (tertiary/aromatic N) is 2. The lowest BCUT2D eigenvalue weighted by atomic mass is 9.79. The maximum atomic E-state index is 12.6. The molecule has 19 heavy (non-hydrogen) atoms. The fourth-order valence-corrected chi connectivity index (χ4v) is 2.85. The van der Waals surface area contributed by atoms with Crippen molar-refractivity contribution in [1.29, 1.82) is 0 Å². The highest BCUT2D eigenvalue weighted by atomic mass is 16.2. The number of aromatic nitrogens is 1. The van der Waals surface area contributed by atoms with E-state index >= 15 is 0 Å². The van der Waals surface area contributed by atoms with Gasteiger partial charge in [0.15, 0.2) is 0 Å². The zero-order valence-corrected chi connectivity index (χ0v) is 11.1. The summed E-state index contributed by atoms with van der Waals surface area (Å²) >= 11 is 0. The number of carbonyl (C=O) groups excluding carboxylic acids is 1. The van der Waals surface area contributed by atoms with Gasteiger partial charge in [0.25, 0.3) is 0 Å². The first kappa shape index (κ1) is 11.9. The summed E-state index contributed by atoms with van der Waals surface area (Å²) in [5.41, 5.74) is 1.68. The molecular weight excluding hydrogens is 236 g/mol. The van der Waals surface area contributed by atoms with Gasteiger partial charge in [0, 0.05) is 18.8 Å². The van der Waals surface area contributed by atoms with Crippen LogP contribution in [0.5, 0.6) is 0 Å². The Morgan fingerprint density at radius 2 is 1.89 bits per heavy atom. The number of anilines is 1. The topological polar surface area (TPSA) is 33.2 Å². The molecule has 0 saturated carbocycles. The van der Waals surface area contributed by atoms with Gasteiger partial charge in [-0.05, 0) is 25.0 Å². The molecule has 0 spiro atoms. The standard InChI is InChI=1S/C16H16N2O/c1-16(11-12-7-4-3-5-8-12)13-9-6-10-17-14(13)18(2)15(16)19/h3-10H,11H2,1-2H3/t16-/m1/s1. The molecule has 0 aliphatic carbocycles.